The Morgan fingerprint density at radius 3 is 3.00 bits per heavy atom. The van der Waals surface area contributed by atoms with Gasteiger partial charge in [-0.1, -0.05) is 12.8 Å². The summed E-state index contributed by atoms with van der Waals surface area (Å²) in [6.45, 7) is 1.02. The Bertz CT molecular complexity index is 783. The molecule has 1 N–H and O–H groups in total. The van der Waals surface area contributed by atoms with Gasteiger partial charge in [0.1, 0.15) is 0 Å². The van der Waals surface area contributed by atoms with Crippen LogP contribution < -0.4 is 5.56 Å². The lowest BCUT2D eigenvalue weighted by Gasteiger charge is -2.36. The van der Waals surface area contributed by atoms with Crippen LogP contribution in [0.2, 0.25) is 0 Å². The van der Waals surface area contributed by atoms with Crippen molar-refractivity contribution in [3.8, 4) is 0 Å². The number of hydrogen-bond donors (Lipinski definition) is 1. The van der Waals surface area contributed by atoms with Crippen LogP contribution in [0.4, 0.5) is 0 Å². The SMILES string of the molecule is O=C(C1CCCCC1n1cccn1)N1CCc2c(nc[nH]c2=O)C1. The van der Waals surface area contributed by atoms with Crippen molar-refractivity contribution in [1.82, 2.24) is 24.6 Å². The second-order valence-electron chi connectivity index (χ2n) is 6.61. The lowest BCUT2D eigenvalue weighted by molar-refractivity contribution is -0.139. The maximum absolute atomic E-state index is 13.1. The predicted octanol–water partition coefficient (Wildman–Crippen LogP) is 1.28. The number of nitrogens with zero attached hydrogens (tertiary/aromatic N) is 4. The molecule has 1 aliphatic carbocycles. The van der Waals surface area contributed by atoms with E-state index in [1.807, 2.05) is 21.8 Å². The van der Waals surface area contributed by atoms with E-state index >= 15 is 0 Å². The molecule has 4 rings (SSSR count). The molecular weight excluding hydrogens is 306 g/mol. The van der Waals surface area contributed by atoms with Crippen molar-refractivity contribution in [1.29, 1.82) is 0 Å². The molecule has 24 heavy (non-hydrogen) atoms. The summed E-state index contributed by atoms with van der Waals surface area (Å²) in [5.41, 5.74) is 1.36. The van der Waals surface area contributed by atoms with Gasteiger partial charge in [0, 0.05) is 24.5 Å². The van der Waals surface area contributed by atoms with Gasteiger partial charge in [-0.25, -0.2) is 4.98 Å². The molecule has 0 bridgehead atoms. The monoisotopic (exact) mass is 327 g/mol. The van der Waals surface area contributed by atoms with Gasteiger partial charge in [-0.05, 0) is 25.3 Å². The number of H-pyrrole nitrogens is 1. The van der Waals surface area contributed by atoms with E-state index in [2.05, 4.69) is 15.1 Å². The zero-order valence-corrected chi connectivity index (χ0v) is 13.5. The Kier molecular flexibility index (Phi) is 3.92. The third-order valence-electron chi connectivity index (χ3n) is 5.23. The lowest BCUT2D eigenvalue weighted by atomic mass is 9.83. The van der Waals surface area contributed by atoms with Crippen LogP contribution in [0.25, 0.3) is 0 Å². The average Bonchev–Trinajstić information content (AvgIpc) is 3.15. The molecule has 1 fully saturated rings. The van der Waals surface area contributed by atoms with Crippen LogP contribution in [0.1, 0.15) is 43.0 Å². The van der Waals surface area contributed by atoms with E-state index in [1.54, 1.807) is 6.20 Å². The van der Waals surface area contributed by atoms with Gasteiger partial charge in [0.15, 0.2) is 0 Å². The first kappa shape index (κ1) is 15.1. The zero-order chi connectivity index (χ0) is 16.5. The van der Waals surface area contributed by atoms with Gasteiger partial charge in [-0.3, -0.25) is 14.3 Å². The number of amides is 1. The molecule has 3 heterocycles. The zero-order valence-electron chi connectivity index (χ0n) is 13.5. The van der Waals surface area contributed by atoms with Gasteiger partial charge in [-0.15, -0.1) is 0 Å². The first-order valence-electron chi connectivity index (χ1n) is 8.57. The minimum atomic E-state index is -0.0841. The smallest absolute Gasteiger partial charge is 0.254 e. The maximum Gasteiger partial charge on any atom is 0.254 e. The molecule has 1 aliphatic heterocycles. The van der Waals surface area contributed by atoms with Gasteiger partial charge >= 0.3 is 0 Å². The highest BCUT2D eigenvalue weighted by Crippen LogP contribution is 2.35. The largest absolute Gasteiger partial charge is 0.336 e. The Morgan fingerprint density at radius 2 is 2.17 bits per heavy atom. The van der Waals surface area contributed by atoms with E-state index < -0.39 is 0 Å². The summed E-state index contributed by atoms with van der Waals surface area (Å²) < 4.78 is 1.93. The highest BCUT2D eigenvalue weighted by Gasteiger charge is 2.36. The molecule has 7 nitrogen and oxygen atoms in total. The second kappa shape index (κ2) is 6.22. The fraction of sp³-hybridized carbons (Fsp3) is 0.529. The summed E-state index contributed by atoms with van der Waals surface area (Å²) in [6.07, 6.45) is 9.80. The molecule has 1 amide bonds. The Hall–Kier alpha value is -2.44. The minimum absolute atomic E-state index is 0.0396. The van der Waals surface area contributed by atoms with Crippen LogP contribution in [-0.4, -0.2) is 37.1 Å². The molecular formula is C17H21N5O2. The molecule has 126 valence electrons. The molecule has 2 aromatic heterocycles. The minimum Gasteiger partial charge on any atom is -0.336 e. The van der Waals surface area contributed by atoms with E-state index in [0.29, 0.717) is 25.1 Å². The Labute approximate surface area is 139 Å². The summed E-state index contributed by atoms with van der Waals surface area (Å²) in [6, 6.07) is 2.04. The second-order valence-corrected chi connectivity index (χ2v) is 6.61. The van der Waals surface area contributed by atoms with Crippen molar-refractivity contribution in [3.05, 3.63) is 46.4 Å². The molecule has 0 radical (unpaired) electrons. The van der Waals surface area contributed by atoms with Crippen LogP contribution in [-0.2, 0) is 17.8 Å². The predicted molar refractivity (Wildman–Crippen MR) is 87.2 cm³/mol. The molecule has 2 unspecified atom stereocenters. The summed E-state index contributed by atoms with van der Waals surface area (Å²) in [5, 5.41) is 4.35. The van der Waals surface area contributed by atoms with Gasteiger partial charge in [0.25, 0.3) is 5.56 Å². The van der Waals surface area contributed by atoms with Crippen LogP contribution in [0.5, 0.6) is 0 Å². The quantitative estimate of drug-likeness (QED) is 0.900. The van der Waals surface area contributed by atoms with Crippen molar-refractivity contribution in [2.45, 2.75) is 44.7 Å². The Balaban J connectivity index is 1.56. The first-order valence-corrected chi connectivity index (χ1v) is 8.57. The van der Waals surface area contributed by atoms with Crippen LogP contribution >= 0.6 is 0 Å². The molecule has 0 saturated heterocycles. The number of hydrogen-bond acceptors (Lipinski definition) is 4. The normalized spacial score (nSPS) is 23.8. The maximum atomic E-state index is 13.1. The van der Waals surface area contributed by atoms with Crippen molar-refractivity contribution >= 4 is 5.91 Å². The molecule has 2 aromatic rings. The third kappa shape index (κ3) is 2.64. The fourth-order valence-electron chi connectivity index (χ4n) is 3.98. The topological polar surface area (TPSA) is 83.9 Å². The van der Waals surface area contributed by atoms with Crippen molar-refractivity contribution in [3.63, 3.8) is 0 Å². The molecule has 7 heteroatoms. The van der Waals surface area contributed by atoms with E-state index in [1.165, 1.54) is 6.33 Å². The number of aromatic amines is 1. The van der Waals surface area contributed by atoms with E-state index in [-0.39, 0.29) is 23.4 Å². The van der Waals surface area contributed by atoms with Crippen molar-refractivity contribution in [2.75, 3.05) is 6.54 Å². The summed E-state index contributed by atoms with van der Waals surface area (Å²) >= 11 is 0. The molecule has 0 aromatic carbocycles. The Morgan fingerprint density at radius 1 is 1.29 bits per heavy atom. The summed E-state index contributed by atoms with van der Waals surface area (Å²) in [7, 11) is 0. The number of fused-ring (bicyclic) bond motifs is 1. The molecule has 2 atom stereocenters. The summed E-state index contributed by atoms with van der Waals surface area (Å²) in [5.74, 6) is 0.130. The van der Waals surface area contributed by atoms with E-state index in [9.17, 15) is 9.59 Å². The number of rotatable bonds is 2. The van der Waals surface area contributed by atoms with Crippen LogP contribution in [0, 0.1) is 5.92 Å². The third-order valence-corrected chi connectivity index (χ3v) is 5.23. The average molecular weight is 327 g/mol. The number of carbonyl (C=O) groups is 1. The highest BCUT2D eigenvalue weighted by atomic mass is 16.2. The lowest BCUT2D eigenvalue weighted by Crippen LogP contribution is -2.44. The molecule has 0 spiro atoms. The number of carbonyl (C=O) groups excluding carboxylic acids is 1. The van der Waals surface area contributed by atoms with Gasteiger partial charge in [-0.2, -0.15) is 5.10 Å². The standard InChI is InChI=1S/C17H21N5O2/c23-16-12-6-9-21(10-14(12)18-11-19-16)17(24)13-4-1-2-5-15(13)22-8-3-7-20-22/h3,7-8,11,13,15H,1-2,4-6,9-10H2,(H,18,19,23). The van der Waals surface area contributed by atoms with Gasteiger partial charge in [0.05, 0.1) is 30.5 Å². The first-order chi connectivity index (χ1) is 11.7. The number of nitrogens with one attached hydrogen (secondary N) is 1. The summed E-state index contributed by atoms with van der Waals surface area (Å²) in [4.78, 5) is 33.7. The number of aromatic nitrogens is 4. The van der Waals surface area contributed by atoms with Crippen LogP contribution in [0.3, 0.4) is 0 Å². The van der Waals surface area contributed by atoms with Gasteiger partial charge in [0.2, 0.25) is 5.91 Å². The van der Waals surface area contributed by atoms with Crippen LogP contribution in [0.15, 0.2) is 29.6 Å². The van der Waals surface area contributed by atoms with Crippen molar-refractivity contribution < 1.29 is 4.79 Å². The molecule has 1 saturated carbocycles. The highest BCUT2D eigenvalue weighted by molar-refractivity contribution is 5.79. The fourth-order valence-corrected chi connectivity index (χ4v) is 3.98. The molecule has 2 aliphatic rings. The van der Waals surface area contributed by atoms with E-state index in [0.717, 1.165) is 31.4 Å². The van der Waals surface area contributed by atoms with E-state index in [4.69, 9.17) is 0 Å². The van der Waals surface area contributed by atoms with Gasteiger partial charge < -0.3 is 9.88 Å². The van der Waals surface area contributed by atoms with Crippen molar-refractivity contribution in [2.24, 2.45) is 5.92 Å².